The lowest BCUT2D eigenvalue weighted by Gasteiger charge is -2.09. The molecule has 2 aromatic rings. The Morgan fingerprint density at radius 3 is 2.75 bits per heavy atom. The summed E-state index contributed by atoms with van der Waals surface area (Å²) in [6, 6.07) is 6.22. The van der Waals surface area contributed by atoms with Crippen molar-refractivity contribution in [2.45, 2.75) is 19.8 Å². The van der Waals surface area contributed by atoms with Crippen LogP contribution in [0.3, 0.4) is 0 Å². The third kappa shape index (κ3) is 3.34. The molecule has 0 saturated heterocycles. The van der Waals surface area contributed by atoms with Crippen LogP contribution >= 0.6 is 0 Å². The molecule has 3 N–H and O–H groups in total. The van der Waals surface area contributed by atoms with Gasteiger partial charge in [0.15, 0.2) is 11.6 Å². The molecule has 0 atom stereocenters. The first-order valence-corrected chi connectivity index (χ1v) is 6.36. The Hall–Kier alpha value is -2.37. The van der Waals surface area contributed by atoms with Gasteiger partial charge in [-0.15, -0.1) is 0 Å². The first-order valence-electron chi connectivity index (χ1n) is 6.36. The minimum Gasteiger partial charge on any atom is -0.494 e. The molecule has 0 bridgehead atoms. The molecular weight excluding hydrogens is 259 g/mol. The van der Waals surface area contributed by atoms with Crippen molar-refractivity contribution in [3.05, 3.63) is 35.9 Å². The lowest BCUT2D eigenvalue weighted by Crippen LogP contribution is -2.03. The van der Waals surface area contributed by atoms with Crippen LogP contribution < -0.4 is 15.8 Å². The Morgan fingerprint density at radius 2 is 2.10 bits per heavy atom. The second-order valence-electron chi connectivity index (χ2n) is 4.32. The zero-order valence-corrected chi connectivity index (χ0v) is 11.5. The molecule has 1 aromatic heterocycles. The van der Waals surface area contributed by atoms with Crippen LogP contribution in [0.5, 0.6) is 5.75 Å². The summed E-state index contributed by atoms with van der Waals surface area (Å²) in [6.45, 7) is 2.04. The van der Waals surface area contributed by atoms with E-state index in [0.717, 1.165) is 12.8 Å². The zero-order valence-electron chi connectivity index (χ0n) is 11.5. The summed E-state index contributed by atoms with van der Waals surface area (Å²) in [5.74, 6) is 1.37. The first kappa shape index (κ1) is 14.0. The third-order valence-corrected chi connectivity index (χ3v) is 2.69. The van der Waals surface area contributed by atoms with Crippen molar-refractivity contribution in [1.29, 1.82) is 0 Å². The number of nitrogen functional groups attached to an aromatic ring is 1. The number of halogens is 1. The Balaban J connectivity index is 2.23. The van der Waals surface area contributed by atoms with Gasteiger partial charge in [-0.3, -0.25) is 0 Å². The number of aryl methyl sites for hydroxylation is 1. The number of methoxy groups -OCH3 is 1. The number of nitrogens with two attached hydrogens (primary N) is 1. The third-order valence-electron chi connectivity index (χ3n) is 2.69. The highest BCUT2D eigenvalue weighted by Crippen LogP contribution is 2.23. The van der Waals surface area contributed by atoms with Gasteiger partial charge in [-0.05, 0) is 18.6 Å². The fourth-order valence-corrected chi connectivity index (χ4v) is 1.81. The van der Waals surface area contributed by atoms with Crippen molar-refractivity contribution in [3.63, 3.8) is 0 Å². The molecule has 106 valence electrons. The standard InChI is InChI=1S/C14H17FN4O/c1-3-4-13-18-12(16)8-14(19-13)17-9-5-6-11(20-2)10(15)7-9/h5-8H,3-4H2,1-2H3,(H3,16,17,18,19). The van der Waals surface area contributed by atoms with E-state index in [1.165, 1.54) is 13.2 Å². The number of rotatable bonds is 5. The molecular formula is C14H17FN4O. The Kier molecular flexibility index (Phi) is 4.34. The summed E-state index contributed by atoms with van der Waals surface area (Å²) in [6.07, 6.45) is 1.68. The van der Waals surface area contributed by atoms with Crippen LogP contribution in [0.1, 0.15) is 19.2 Å². The van der Waals surface area contributed by atoms with Crippen molar-refractivity contribution in [2.24, 2.45) is 0 Å². The van der Waals surface area contributed by atoms with Crippen molar-refractivity contribution >= 4 is 17.3 Å². The van der Waals surface area contributed by atoms with E-state index in [0.29, 0.717) is 23.1 Å². The lowest BCUT2D eigenvalue weighted by atomic mass is 10.3. The minimum atomic E-state index is -0.437. The van der Waals surface area contributed by atoms with Crippen molar-refractivity contribution < 1.29 is 9.13 Å². The molecule has 0 aliphatic rings. The molecule has 0 aliphatic carbocycles. The minimum absolute atomic E-state index is 0.199. The molecule has 0 amide bonds. The summed E-state index contributed by atoms with van der Waals surface area (Å²) in [5, 5.41) is 3.01. The summed E-state index contributed by atoms with van der Waals surface area (Å²) in [4.78, 5) is 8.48. The van der Waals surface area contributed by atoms with Gasteiger partial charge < -0.3 is 15.8 Å². The van der Waals surface area contributed by atoms with Gasteiger partial charge >= 0.3 is 0 Å². The number of anilines is 3. The number of hydrogen-bond donors (Lipinski definition) is 2. The maximum absolute atomic E-state index is 13.6. The molecule has 0 saturated carbocycles. The van der Waals surface area contributed by atoms with Gasteiger partial charge in [0, 0.05) is 24.2 Å². The van der Waals surface area contributed by atoms with Gasteiger partial charge in [0.25, 0.3) is 0 Å². The predicted molar refractivity (Wildman–Crippen MR) is 76.7 cm³/mol. The SMILES string of the molecule is CCCc1nc(N)cc(Nc2ccc(OC)c(F)c2)n1. The number of ether oxygens (including phenoxy) is 1. The van der Waals surface area contributed by atoms with Gasteiger partial charge in [0.2, 0.25) is 0 Å². The number of hydrogen-bond acceptors (Lipinski definition) is 5. The number of nitrogens with zero attached hydrogens (tertiary/aromatic N) is 2. The smallest absolute Gasteiger partial charge is 0.167 e. The fourth-order valence-electron chi connectivity index (χ4n) is 1.81. The van der Waals surface area contributed by atoms with Crippen LogP contribution in [0.4, 0.5) is 21.7 Å². The highest BCUT2D eigenvalue weighted by molar-refractivity contribution is 5.59. The van der Waals surface area contributed by atoms with E-state index in [4.69, 9.17) is 10.5 Å². The van der Waals surface area contributed by atoms with Crippen LogP contribution in [0.15, 0.2) is 24.3 Å². The summed E-state index contributed by atoms with van der Waals surface area (Å²) in [7, 11) is 1.42. The Morgan fingerprint density at radius 1 is 1.30 bits per heavy atom. The Labute approximate surface area is 117 Å². The monoisotopic (exact) mass is 276 g/mol. The molecule has 0 radical (unpaired) electrons. The van der Waals surface area contributed by atoms with E-state index in [1.54, 1.807) is 18.2 Å². The van der Waals surface area contributed by atoms with E-state index in [1.807, 2.05) is 6.92 Å². The molecule has 1 aromatic carbocycles. The number of benzene rings is 1. The van der Waals surface area contributed by atoms with Crippen LogP contribution in [-0.4, -0.2) is 17.1 Å². The molecule has 0 spiro atoms. The van der Waals surface area contributed by atoms with Crippen molar-refractivity contribution in [2.75, 3.05) is 18.2 Å². The van der Waals surface area contributed by atoms with E-state index < -0.39 is 5.82 Å². The van der Waals surface area contributed by atoms with Gasteiger partial charge in [0.1, 0.15) is 17.5 Å². The molecule has 0 fully saturated rings. The van der Waals surface area contributed by atoms with Gasteiger partial charge in [-0.2, -0.15) is 0 Å². The predicted octanol–water partition coefficient (Wildman–Crippen LogP) is 2.90. The normalized spacial score (nSPS) is 10.3. The van der Waals surface area contributed by atoms with E-state index in [-0.39, 0.29) is 5.75 Å². The average molecular weight is 276 g/mol. The summed E-state index contributed by atoms with van der Waals surface area (Å²) >= 11 is 0. The number of nitrogens with one attached hydrogen (secondary N) is 1. The maximum Gasteiger partial charge on any atom is 0.167 e. The van der Waals surface area contributed by atoms with Gasteiger partial charge in [-0.25, -0.2) is 14.4 Å². The van der Waals surface area contributed by atoms with Gasteiger partial charge in [-0.1, -0.05) is 6.92 Å². The zero-order chi connectivity index (χ0) is 14.5. The van der Waals surface area contributed by atoms with Gasteiger partial charge in [0.05, 0.1) is 7.11 Å². The second kappa shape index (κ2) is 6.18. The molecule has 5 nitrogen and oxygen atoms in total. The van der Waals surface area contributed by atoms with Crippen LogP contribution in [0.25, 0.3) is 0 Å². The fraction of sp³-hybridized carbons (Fsp3) is 0.286. The van der Waals surface area contributed by atoms with Crippen LogP contribution in [0.2, 0.25) is 0 Å². The van der Waals surface area contributed by atoms with Crippen molar-refractivity contribution in [1.82, 2.24) is 9.97 Å². The van der Waals surface area contributed by atoms with Crippen LogP contribution in [0, 0.1) is 5.82 Å². The van der Waals surface area contributed by atoms with Crippen molar-refractivity contribution in [3.8, 4) is 5.75 Å². The summed E-state index contributed by atoms with van der Waals surface area (Å²) in [5.41, 5.74) is 6.31. The largest absolute Gasteiger partial charge is 0.494 e. The lowest BCUT2D eigenvalue weighted by molar-refractivity contribution is 0.386. The van der Waals surface area contributed by atoms with E-state index >= 15 is 0 Å². The molecule has 0 aliphatic heterocycles. The maximum atomic E-state index is 13.6. The second-order valence-corrected chi connectivity index (χ2v) is 4.32. The summed E-state index contributed by atoms with van der Waals surface area (Å²) < 4.78 is 18.5. The molecule has 6 heteroatoms. The Bertz CT molecular complexity index is 604. The van der Waals surface area contributed by atoms with Crippen LogP contribution in [-0.2, 0) is 6.42 Å². The number of aromatic nitrogens is 2. The molecule has 2 rings (SSSR count). The topological polar surface area (TPSA) is 73.1 Å². The molecule has 0 unspecified atom stereocenters. The highest BCUT2D eigenvalue weighted by Gasteiger charge is 2.06. The average Bonchev–Trinajstić information content (AvgIpc) is 2.38. The molecule has 20 heavy (non-hydrogen) atoms. The molecule has 1 heterocycles. The van der Waals surface area contributed by atoms with E-state index in [9.17, 15) is 4.39 Å². The van der Waals surface area contributed by atoms with E-state index in [2.05, 4.69) is 15.3 Å². The quantitative estimate of drug-likeness (QED) is 0.878. The first-order chi connectivity index (χ1) is 9.62. The highest BCUT2D eigenvalue weighted by atomic mass is 19.1.